The highest BCUT2D eigenvalue weighted by Gasteiger charge is 2.32. The molecule has 2 N–H and O–H groups in total. The predicted octanol–water partition coefficient (Wildman–Crippen LogP) is 3.18. The molecular weight excluding hydrogens is 232 g/mol. The van der Waals surface area contributed by atoms with Crippen molar-refractivity contribution in [2.75, 3.05) is 0 Å². The molecule has 0 aliphatic rings. The zero-order valence-corrected chi connectivity index (χ0v) is 11.9. The average molecular weight is 256 g/mol. The highest BCUT2D eigenvalue weighted by molar-refractivity contribution is 5.95. The molecule has 0 radical (unpaired) electrons. The number of carbonyl (C=O) groups is 2. The molecule has 4 nitrogen and oxygen atoms in total. The summed E-state index contributed by atoms with van der Waals surface area (Å²) in [7, 11) is 0. The Bertz CT molecular complexity index is 334. The van der Waals surface area contributed by atoms with Crippen LogP contribution >= 0.6 is 0 Å². The molecule has 4 heteroatoms. The van der Waals surface area contributed by atoms with Crippen LogP contribution in [0.5, 0.6) is 0 Å². The molecule has 0 rings (SSSR count). The topological polar surface area (TPSA) is 74.6 Å². The minimum absolute atomic E-state index is 0.00403. The molecule has 0 aromatic rings. The number of rotatable bonds is 6. The second kappa shape index (κ2) is 6.57. The van der Waals surface area contributed by atoms with E-state index in [0.717, 1.165) is 12.5 Å². The Labute approximate surface area is 109 Å². The molecule has 1 unspecified atom stereocenters. The number of carboxylic acids is 2. The second-order valence-electron chi connectivity index (χ2n) is 6.13. The summed E-state index contributed by atoms with van der Waals surface area (Å²) in [4.78, 5) is 22.0. The lowest BCUT2D eigenvalue weighted by atomic mass is 9.73. The van der Waals surface area contributed by atoms with E-state index < -0.39 is 11.9 Å². The smallest absolute Gasteiger partial charge is 0.332 e. The molecule has 0 aromatic carbocycles. The average Bonchev–Trinajstić information content (AvgIpc) is 2.12. The van der Waals surface area contributed by atoms with Gasteiger partial charge in [0.25, 0.3) is 0 Å². The van der Waals surface area contributed by atoms with Crippen LogP contribution in [0.25, 0.3) is 0 Å². The largest absolute Gasteiger partial charge is 0.478 e. The van der Waals surface area contributed by atoms with E-state index in [1.165, 1.54) is 0 Å². The van der Waals surface area contributed by atoms with Gasteiger partial charge in [-0.25, -0.2) is 9.59 Å². The Morgan fingerprint density at radius 3 is 1.89 bits per heavy atom. The van der Waals surface area contributed by atoms with Gasteiger partial charge in [-0.15, -0.1) is 0 Å². The van der Waals surface area contributed by atoms with Gasteiger partial charge in [-0.3, -0.25) is 0 Å². The first-order chi connectivity index (χ1) is 8.05. The zero-order valence-electron chi connectivity index (χ0n) is 11.9. The van der Waals surface area contributed by atoms with Crippen LogP contribution in [0.2, 0.25) is 0 Å². The number of hydrogen-bond donors (Lipinski definition) is 2. The highest BCUT2D eigenvalue weighted by atomic mass is 16.4. The molecule has 104 valence electrons. The van der Waals surface area contributed by atoms with Crippen LogP contribution in [-0.4, -0.2) is 22.2 Å². The van der Waals surface area contributed by atoms with Gasteiger partial charge in [0.1, 0.15) is 0 Å². The maximum Gasteiger partial charge on any atom is 0.332 e. The highest BCUT2D eigenvalue weighted by Crippen LogP contribution is 2.36. The van der Waals surface area contributed by atoms with Gasteiger partial charge in [-0.05, 0) is 23.7 Å². The van der Waals surface area contributed by atoms with Crippen molar-refractivity contribution in [2.45, 2.75) is 47.5 Å². The van der Waals surface area contributed by atoms with E-state index in [9.17, 15) is 14.7 Å². The number of aliphatic carboxylic acids is 2. The van der Waals surface area contributed by atoms with Crippen molar-refractivity contribution >= 4 is 11.9 Å². The Kier molecular flexibility index (Phi) is 6.09. The number of hydrogen-bond acceptors (Lipinski definition) is 2. The van der Waals surface area contributed by atoms with Gasteiger partial charge in [0.15, 0.2) is 0 Å². The standard InChI is InChI=1S/C14H24O4/c1-9(2)6-7-11(14(3,4)5)10(13(17)18)8-12(15)16/h8-9,11H,6-7H2,1-5H3,(H,15,16)(H,17,18). The first kappa shape index (κ1) is 16.7. The molecule has 0 bridgehead atoms. The lowest BCUT2D eigenvalue weighted by Gasteiger charge is -2.31. The minimum Gasteiger partial charge on any atom is -0.478 e. The SMILES string of the molecule is CC(C)CCC(C(=CC(=O)O)C(=O)O)C(C)(C)C. The Hall–Kier alpha value is -1.32. The van der Waals surface area contributed by atoms with Crippen molar-refractivity contribution in [3.05, 3.63) is 11.6 Å². The maximum atomic E-state index is 11.2. The zero-order chi connectivity index (χ0) is 14.5. The van der Waals surface area contributed by atoms with Gasteiger partial charge in [0, 0.05) is 11.6 Å². The van der Waals surface area contributed by atoms with Gasteiger partial charge in [0.05, 0.1) is 0 Å². The predicted molar refractivity (Wildman–Crippen MR) is 70.4 cm³/mol. The monoisotopic (exact) mass is 256 g/mol. The van der Waals surface area contributed by atoms with E-state index in [1.807, 2.05) is 20.8 Å². The molecule has 0 aliphatic heterocycles. The molecular formula is C14H24O4. The quantitative estimate of drug-likeness (QED) is 0.716. The van der Waals surface area contributed by atoms with Crippen LogP contribution in [0, 0.1) is 17.3 Å². The minimum atomic E-state index is -1.20. The Morgan fingerprint density at radius 2 is 1.61 bits per heavy atom. The molecule has 0 aliphatic carbocycles. The van der Waals surface area contributed by atoms with E-state index in [1.54, 1.807) is 0 Å². The molecule has 0 saturated carbocycles. The van der Waals surface area contributed by atoms with Crippen LogP contribution in [0.4, 0.5) is 0 Å². The summed E-state index contributed by atoms with van der Waals surface area (Å²) >= 11 is 0. The fourth-order valence-electron chi connectivity index (χ4n) is 2.00. The first-order valence-electron chi connectivity index (χ1n) is 6.23. The first-order valence-corrected chi connectivity index (χ1v) is 6.23. The third-order valence-corrected chi connectivity index (χ3v) is 2.98. The third-order valence-electron chi connectivity index (χ3n) is 2.98. The van der Waals surface area contributed by atoms with E-state index in [0.29, 0.717) is 12.3 Å². The van der Waals surface area contributed by atoms with Crippen molar-refractivity contribution in [1.29, 1.82) is 0 Å². The fraction of sp³-hybridized carbons (Fsp3) is 0.714. The molecule has 0 aromatic heterocycles. The summed E-state index contributed by atoms with van der Waals surface area (Å²) in [6, 6.07) is 0. The van der Waals surface area contributed by atoms with Crippen molar-refractivity contribution in [2.24, 2.45) is 17.3 Å². The Balaban J connectivity index is 5.26. The van der Waals surface area contributed by atoms with Crippen LogP contribution in [-0.2, 0) is 9.59 Å². The molecule has 0 spiro atoms. The molecule has 0 heterocycles. The molecule has 0 saturated heterocycles. The van der Waals surface area contributed by atoms with Crippen molar-refractivity contribution in [1.82, 2.24) is 0 Å². The summed E-state index contributed by atoms with van der Waals surface area (Å²) in [6.45, 7) is 9.96. The van der Waals surface area contributed by atoms with Gasteiger partial charge in [-0.2, -0.15) is 0 Å². The van der Waals surface area contributed by atoms with Crippen LogP contribution in [0.3, 0.4) is 0 Å². The van der Waals surface area contributed by atoms with Crippen LogP contribution in [0.1, 0.15) is 47.5 Å². The Morgan fingerprint density at radius 1 is 1.11 bits per heavy atom. The lowest BCUT2D eigenvalue weighted by Crippen LogP contribution is -2.27. The van der Waals surface area contributed by atoms with Crippen LogP contribution in [0.15, 0.2) is 11.6 Å². The molecule has 0 fully saturated rings. The third kappa shape index (κ3) is 5.84. The van der Waals surface area contributed by atoms with Crippen molar-refractivity contribution < 1.29 is 19.8 Å². The van der Waals surface area contributed by atoms with Gasteiger partial charge in [0.2, 0.25) is 0 Å². The number of carboxylic acid groups (broad SMARTS) is 2. The summed E-state index contributed by atoms with van der Waals surface area (Å²) in [6.07, 6.45) is 2.40. The summed E-state index contributed by atoms with van der Waals surface area (Å²) in [5.74, 6) is -2.13. The summed E-state index contributed by atoms with van der Waals surface area (Å²) in [5.41, 5.74) is -0.273. The summed E-state index contributed by atoms with van der Waals surface area (Å²) in [5, 5.41) is 18.0. The van der Waals surface area contributed by atoms with Gasteiger partial charge < -0.3 is 10.2 Å². The van der Waals surface area contributed by atoms with E-state index in [-0.39, 0.29) is 16.9 Å². The van der Waals surface area contributed by atoms with Gasteiger partial charge in [-0.1, -0.05) is 41.0 Å². The summed E-state index contributed by atoms with van der Waals surface area (Å²) < 4.78 is 0. The van der Waals surface area contributed by atoms with E-state index in [2.05, 4.69) is 13.8 Å². The van der Waals surface area contributed by atoms with E-state index >= 15 is 0 Å². The van der Waals surface area contributed by atoms with Crippen molar-refractivity contribution in [3.8, 4) is 0 Å². The fourth-order valence-corrected chi connectivity index (χ4v) is 2.00. The maximum absolute atomic E-state index is 11.2. The van der Waals surface area contributed by atoms with Gasteiger partial charge >= 0.3 is 11.9 Å². The molecule has 1 atom stereocenters. The molecule has 18 heavy (non-hydrogen) atoms. The normalized spacial score (nSPS) is 14.7. The van der Waals surface area contributed by atoms with Crippen LogP contribution < -0.4 is 0 Å². The molecule has 0 amide bonds. The second-order valence-corrected chi connectivity index (χ2v) is 6.13. The van der Waals surface area contributed by atoms with Crippen molar-refractivity contribution in [3.63, 3.8) is 0 Å². The lowest BCUT2D eigenvalue weighted by molar-refractivity contribution is -0.136. The van der Waals surface area contributed by atoms with E-state index in [4.69, 9.17) is 5.11 Å².